The van der Waals surface area contributed by atoms with Crippen molar-refractivity contribution in [2.75, 3.05) is 18.0 Å². The average Bonchev–Trinajstić information content (AvgIpc) is 3.15. The van der Waals surface area contributed by atoms with Gasteiger partial charge in [-0.25, -0.2) is 9.18 Å². The highest BCUT2D eigenvalue weighted by atomic mass is 19.1. The van der Waals surface area contributed by atoms with Gasteiger partial charge in [0.25, 0.3) is 5.91 Å². The summed E-state index contributed by atoms with van der Waals surface area (Å²) in [5, 5.41) is 2.63. The van der Waals surface area contributed by atoms with Gasteiger partial charge in [-0.05, 0) is 36.4 Å². The molecule has 2 heterocycles. The first-order valence-electron chi connectivity index (χ1n) is 6.69. The number of carbonyl (C=O) groups excluding carboxylic acids is 2. The minimum absolute atomic E-state index is 0.170. The van der Waals surface area contributed by atoms with Crippen LogP contribution in [0.2, 0.25) is 0 Å². The Morgan fingerprint density at radius 1 is 1.32 bits per heavy atom. The fourth-order valence-electron chi connectivity index (χ4n) is 2.16. The number of benzene rings is 1. The van der Waals surface area contributed by atoms with Crippen LogP contribution in [0.3, 0.4) is 0 Å². The highest BCUT2D eigenvalue weighted by molar-refractivity contribution is 5.92. The molecule has 0 aliphatic carbocycles. The topological polar surface area (TPSA) is 71.8 Å². The molecule has 1 atom stereocenters. The lowest BCUT2D eigenvalue weighted by Crippen LogP contribution is -2.34. The van der Waals surface area contributed by atoms with Crippen molar-refractivity contribution in [3.63, 3.8) is 0 Å². The molecule has 1 aliphatic heterocycles. The van der Waals surface area contributed by atoms with E-state index in [-0.39, 0.29) is 30.6 Å². The predicted octanol–water partition coefficient (Wildman–Crippen LogP) is 2.17. The molecule has 0 saturated carbocycles. The quantitative estimate of drug-likeness (QED) is 0.939. The van der Waals surface area contributed by atoms with Crippen LogP contribution >= 0.6 is 0 Å². The standard InChI is InChI=1S/C15H13FN2O4/c16-10-3-5-11(6-4-10)18-9-12(22-15(18)20)8-17-14(19)13-2-1-7-21-13/h1-7,12H,8-9H2,(H,17,19). The maximum Gasteiger partial charge on any atom is 0.414 e. The number of rotatable bonds is 4. The second-order valence-corrected chi connectivity index (χ2v) is 4.78. The minimum atomic E-state index is -0.524. The van der Waals surface area contributed by atoms with Crippen LogP contribution in [0.5, 0.6) is 0 Å². The average molecular weight is 304 g/mol. The van der Waals surface area contributed by atoms with Gasteiger partial charge in [0.2, 0.25) is 0 Å². The number of nitrogens with one attached hydrogen (secondary N) is 1. The Morgan fingerprint density at radius 3 is 2.77 bits per heavy atom. The Kier molecular flexibility index (Phi) is 3.78. The number of carbonyl (C=O) groups is 2. The van der Waals surface area contributed by atoms with E-state index in [0.717, 1.165) is 0 Å². The SMILES string of the molecule is O=C(NCC1CN(c2ccc(F)cc2)C(=O)O1)c1ccco1. The van der Waals surface area contributed by atoms with E-state index in [0.29, 0.717) is 5.69 Å². The van der Waals surface area contributed by atoms with E-state index in [9.17, 15) is 14.0 Å². The molecule has 6 nitrogen and oxygen atoms in total. The van der Waals surface area contributed by atoms with Gasteiger partial charge in [-0.1, -0.05) is 0 Å². The fraction of sp³-hybridized carbons (Fsp3) is 0.200. The summed E-state index contributed by atoms with van der Waals surface area (Å²) in [5.74, 6) is -0.556. The van der Waals surface area contributed by atoms with E-state index in [2.05, 4.69) is 5.32 Å². The first-order chi connectivity index (χ1) is 10.6. The van der Waals surface area contributed by atoms with Crippen molar-refractivity contribution in [3.05, 3.63) is 54.2 Å². The van der Waals surface area contributed by atoms with Crippen LogP contribution in [0.1, 0.15) is 10.6 Å². The van der Waals surface area contributed by atoms with Crippen LogP contribution in [0.25, 0.3) is 0 Å². The molecular weight excluding hydrogens is 291 g/mol. The second-order valence-electron chi connectivity index (χ2n) is 4.78. The van der Waals surface area contributed by atoms with E-state index >= 15 is 0 Å². The third kappa shape index (κ3) is 2.93. The summed E-state index contributed by atoms with van der Waals surface area (Å²) in [5.41, 5.74) is 0.547. The van der Waals surface area contributed by atoms with Crippen molar-refractivity contribution < 1.29 is 23.1 Å². The van der Waals surface area contributed by atoms with Crippen molar-refractivity contribution in [2.24, 2.45) is 0 Å². The molecule has 0 radical (unpaired) electrons. The molecule has 0 spiro atoms. The Labute approximate surface area is 125 Å². The molecule has 1 unspecified atom stereocenters. The zero-order valence-electron chi connectivity index (χ0n) is 11.5. The van der Waals surface area contributed by atoms with Gasteiger partial charge < -0.3 is 14.5 Å². The molecule has 3 rings (SSSR count). The summed E-state index contributed by atoms with van der Waals surface area (Å²) >= 11 is 0. The van der Waals surface area contributed by atoms with Crippen molar-refractivity contribution in [2.45, 2.75) is 6.10 Å². The summed E-state index contributed by atoms with van der Waals surface area (Å²) < 4.78 is 23.0. The van der Waals surface area contributed by atoms with Gasteiger partial charge >= 0.3 is 6.09 Å². The van der Waals surface area contributed by atoms with E-state index in [1.165, 1.54) is 35.4 Å². The third-order valence-corrected chi connectivity index (χ3v) is 3.25. The maximum absolute atomic E-state index is 12.9. The first-order valence-corrected chi connectivity index (χ1v) is 6.69. The monoisotopic (exact) mass is 304 g/mol. The molecule has 0 bridgehead atoms. The zero-order valence-corrected chi connectivity index (χ0v) is 11.5. The predicted molar refractivity (Wildman–Crippen MR) is 75.1 cm³/mol. The fourth-order valence-corrected chi connectivity index (χ4v) is 2.16. The lowest BCUT2D eigenvalue weighted by Gasteiger charge is -2.12. The number of nitrogens with zero attached hydrogens (tertiary/aromatic N) is 1. The smallest absolute Gasteiger partial charge is 0.414 e. The molecule has 114 valence electrons. The summed E-state index contributed by atoms with van der Waals surface area (Å²) in [6.07, 6.45) is 0.404. The Balaban J connectivity index is 1.58. The number of hydrogen-bond donors (Lipinski definition) is 1. The number of anilines is 1. The summed E-state index contributed by atoms with van der Waals surface area (Å²) in [6.45, 7) is 0.450. The van der Waals surface area contributed by atoms with E-state index in [4.69, 9.17) is 9.15 Å². The molecule has 7 heteroatoms. The van der Waals surface area contributed by atoms with Gasteiger partial charge in [-0.3, -0.25) is 9.69 Å². The second kappa shape index (κ2) is 5.88. The van der Waals surface area contributed by atoms with E-state index in [1.807, 2.05) is 0 Å². The van der Waals surface area contributed by atoms with Crippen molar-refractivity contribution >= 4 is 17.7 Å². The van der Waals surface area contributed by atoms with Gasteiger partial charge in [0.15, 0.2) is 5.76 Å². The largest absolute Gasteiger partial charge is 0.459 e. The van der Waals surface area contributed by atoms with Crippen LogP contribution in [0, 0.1) is 5.82 Å². The highest BCUT2D eigenvalue weighted by Gasteiger charge is 2.32. The number of ether oxygens (including phenoxy) is 1. The van der Waals surface area contributed by atoms with Gasteiger partial charge in [0.05, 0.1) is 19.4 Å². The Morgan fingerprint density at radius 2 is 2.09 bits per heavy atom. The molecule has 2 amide bonds. The number of furan rings is 1. The molecule has 1 fully saturated rings. The van der Waals surface area contributed by atoms with Crippen LogP contribution in [0.4, 0.5) is 14.9 Å². The van der Waals surface area contributed by atoms with E-state index < -0.39 is 12.2 Å². The van der Waals surface area contributed by atoms with Crippen molar-refractivity contribution in [1.29, 1.82) is 0 Å². The summed E-state index contributed by atoms with van der Waals surface area (Å²) in [4.78, 5) is 24.9. The number of cyclic esters (lactones) is 1. The molecule has 1 aromatic carbocycles. The van der Waals surface area contributed by atoms with Crippen molar-refractivity contribution in [1.82, 2.24) is 5.32 Å². The molecule has 1 aliphatic rings. The van der Waals surface area contributed by atoms with Crippen LogP contribution in [-0.4, -0.2) is 31.2 Å². The first kappa shape index (κ1) is 14.1. The molecule has 22 heavy (non-hydrogen) atoms. The van der Waals surface area contributed by atoms with Gasteiger partial charge in [0.1, 0.15) is 11.9 Å². The van der Waals surface area contributed by atoms with Gasteiger partial charge in [0, 0.05) is 5.69 Å². The Bertz CT molecular complexity index is 669. The normalized spacial score (nSPS) is 17.4. The summed E-state index contributed by atoms with van der Waals surface area (Å²) in [7, 11) is 0. The van der Waals surface area contributed by atoms with Gasteiger partial charge in [-0.2, -0.15) is 0 Å². The lowest BCUT2D eigenvalue weighted by atomic mass is 10.2. The van der Waals surface area contributed by atoms with Crippen LogP contribution < -0.4 is 10.2 Å². The van der Waals surface area contributed by atoms with Gasteiger partial charge in [-0.15, -0.1) is 0 Å². The zero-order chi connectivity index (χ0) is 15.5. The molecule has 1 aromatic heterocycles. The molecule has 1 N–H and O–H groups in total. The van der Waals surface area contributed by atoms with Crippen molar-refractivity contribution in [3.8, 4) is 0 Å². The summed E-state index contributed by atoms with van der Waals surface area (Å²) in [6, 6.07) is 8.70. The number of halogens is 1. The number of hydrogen-bond acceptors (Lipinski definition) is 4. The van der Waals surface area contributed by atoms with E-state index in [1.54, 1.807) is 12.1 Å². The lowest BCUT2D eigenvalue weighted by molar-refractivity contribution is 0.0889. The minimum Gasteiger partial charge on any atom is -0.459 e. The van der Waals surface area contributed by atoms with Crippen LogP contribution in [-0.2, 0) is 4.74 Å². The molecular formula is C15H13FN2O4. The van der Waals surface area contributed by atoms with Crippen LogP contribution in [0.15, 0.2) is 47.1 Å². The Hall–Kier alpha value is -2.83. The highest BCUT2D eigenvalue weighted by Crippen LogP contribution is 2.21. The molecule has 2 aromatic rings. The third-order valence-electron chi connectivity index (χ3n) is 3.25. The maximum atomic E-state index is 12.9. The number of amides is 2. The molecule has 1 saturated heterocycles.